The van der Waals surface area contributed by atoms with Crippen LogP contribution in [0, 0.1) is 0 Å². The smallest absolute Gasteiger partial charge is 0.264 e. The van der Waals surface area contributed by atoms with Crippen LogP contribution in [0.4, 0.5) is 5.69 Å². The van der Waals surface area contributed by atoms with Gasteiger partial charge in [-0.25, -0.2) is 0 Å². The average Bonchev–Trinajstić information content (AvgIpc) is 2.78. The first kappa shape index (κ1) is 20.5. The van der Waals surface area contributed by atoms with Crippen LogP contribution in [0.5, 0.6) is 5.75 Å². The van der Waals surface area contributed by atoms with Crippen molar-refractivity contribution in [3.8, 4) is 5.75 Å². The van der Waals surface area contributed by atoms with Crippen molar-refractivity contribution < 1.29 is 14.3 Å². The summed E-state index contributed by atoms with van der Waals surface area (Å²) in [6.07, 6.45) is 7.54. The van der Waals surface area contributed by atoms with Gasteiger partial charge in [0.05, 0.1) is 17.7 Å². The van der Waals surface area contributed by atoms with Crippen molar-refractivity contribution in [2.75, 3.05) is 19.1 Å². The van der Waals surface area contributed by atoms with E-state index in [0.717, 1.165) is 34.7 Å². The fraction of sp³-hybridized carbons (Fsp3) is 0.333. The lowest BCUT2D eigenvalue weighted by molar-refractivity contribution is -0.114. The topological polar surface area (TPSA) is 58.6 Å². The number of para-hydroxylation sites is 1. The number of thioether (sulfide) groups is 1. The SMILES string of the molecule is COc1ccccc1/C=C1/Sc2ccc(C(=O)NC3CCCCC3)cc2N(C)C1=O. The van der Waals surface area contributed by atoms with Gasteiger partial charge < -0.3 is 15.0 Å². The average molecular weight is 423 g/mol. The van der Waals surface area contributed by atoms with Gasteiger partial charge in [0.1, 0.15) is 5.75 Å². The summed E-state index contributed by atoms with van der Waals surface area (Å²) in [5.41, 5.74) is 2.21. The largest absolute Gasteiger partial charge is 0.496 e. The van der Waals surface area contributed by atoms with Crippen LogP contribution in [0.1, 0.15) is 48.0 Å². The molecule has 2 aromatic rings. The summed E-state index contributed by atoms with van der Waals surface area (Å²) in [6.45, 7) is 0. The van der Waals surface area contributed by atoms with Crippen LogP contribution in [-0.4, -0.2) is 32.0 Å². The van der Waals surface area contributed by atoms with E-state index >= 15 is 0 Å². The van der Waals surface area contributed by atoms with Crippen molar-refractivity contribution in [1.82, 2.24) is 5.32 Å². The molecule has 0 spiro atoms. The van der Waals surface area contributed by atoms with Crippen molar-refractivity contribution in [2.24, 2.45) is 0 Å². The van der Waals surface area contributed by atoms with Crippen LogP contribution in [0.3, 0.4) is 0 Å². The third-order valence-electron chi connectivity index (χ3n) is 5.68. The summed E-state index contributed by atoms with van der Waals surface area (Å²) in [6, 6.07) is 13.5. The summed E-state index contributed by atoms with van der Waals surface area (Å²) in [5, 5.41) is 3.15. The van der Waals surface area contributed by atoms with Crippen LogP contribution in [0.25, 0.3) is 6.08 Å². The summed E-state index contributed by atoms with van der Waals surface area (Å²) < 4.78 is 5.40. The molecular weight excluding hydrogens is 396 g/mol. The molecule has 1 aliphatic carbocycles. The van der Waals surface area contributed by atoms with Crippen molar-refractivity contribution in [3.05, 3.63) is 58.5 Å². The molecule has 2 aliphatic rings. The molecule has 1 fully saturated rings. The molecule has 1 heterocycles. The molecule has 156 valence electrons. The van der Waals surface area contributed by atoms with Crippen molar-refractivity contribution in [1.29, 1.82) is 0 Å². The molecule has 0 unspecified atom stereocenters. The van der Waals surface area contributed by atoms with E-state index in [1.807, 2.05) is 48.5 Å². The normalized spacial score (nSPS) is 18.3. The molecule has 1 N–H and O–H groups in total. The summed E-state index contributed by atoms with van der Waals surface area (Å²) in [7, 11) is 3.37. The van der Waals surface area contributed by atoms with E-state index in [4.69, 9.17) is 4.74 Å². The first-order valence-electron chi connectivity index (χ1n) is 10.3. The number of methoxy groups -OCH3 is 1. The fourth-order valence-corrected chi connectivity index (χ4v) is 5.06. The van der Waals surface area contributed by atoms with Crippen molar-refractivity contribution >= 4 is 35.3 Å². The molecular formula is C24H26N2O3S. The van der Waals surface area contributed by atoms with Gasteiger partial charge in [-0.05, 0) is 43.2 Å². The predicted octanol–water partition coefficient (Wildman–Crippen LogP) is 4.87. The highest BCUT2D eigenvalue weighted by Gasteiger charge is 2.28. The van der Waals surface area contributed by atoms with E-state index in [2.05, 4.69) is 5.32 Å². The van der Waals surface area contributed by atoms with Crippen LogP contribution >= 0.6 is 11.8 Å². The number of likely N-dealkylation sites (N-methyl/N-ethyl adjacent to an activating group) is 1. The second-order valence-corrected chi connectivity index (χ2v) is 8.79. The molecule has 30 heavy (non-hydrogen) atoms. The molecule has 2 amide bonds. The number of hydrogen-bond acceptors (Lipinski definition) is 4. The number of benzene rings is 2. The Bertz CT molecular complexity index is 996. The maximum atomic E-state index is 13.0. The van der Waals surface area contributed by atoms with Gasteiger partial charge in [-0.2, -0.15) is 0 Å². The van der Waals surface area contributed by atoms with E-state index in [-0.39, 0.29) is 17.9 Å². The fourth-order valence-electron chi connectivity index (χ4n) is 3.98. The van der Waals surface area contributed by atoms with Gasteiger partial charge in [0.2, 0.25) is 0 Å². The molecule has 0 atom stereocenters. The van der Waals surface area contributed by atoms with Gasteiger partial charge >= 0.3 is 0 Å². The van der Waals surface area contributed by atoms with Crippen molar-refractivity contribution in [2.45, 2.75) is 43.0 Å². The summed E-state index contributed by atoms with van der Waals surface area (Å²) in [5.74, 6) is 0.565. The molecule has 2 aromatic carbocycles. The molecule has 5 nitrogen and oxygen atoms in total. The molecule has 1 aliphatic heterocycles. The van der Waals surface area contributed by atoms with Gasteiger partial charge in [0.25, 0.3) is 11.8 Å². The van der Waals surface area contributed by atoms with E-state index < -0.39 is 0 Å². The number of carbonyl (C=O) groups excluding carboxylic acids is 2. The molecule has 0 saturated heterocycles. The van der Waals surface area contributed by atoms with Crippen LogP contribution < -0.4 is 15.0 Å². The minimum absolute atomic E-state index is 0.0640. The second-order valence-electron chi connectivity index (χ2n) is 7.71. The number of nitrogens with one attached hydrogen (secondary N) is 1. The Balaban J connectivity index is 1.57. The number of amides is 2. The van der Waals surface area contributed by atoms with Gasteiger partial charge in [-0.3, -0.25) is 9.59 Å². The molecule has 1 saturated carbocycles. The Labute approximate surface area is 181 Å². The minimum Gasteiger partial charge on any atom is -0.496 e. The molecule has 0 bridgehead atoms. The second kappa shape index (κ2) is 8.96. The van der Waals surface area contributed by atoms with Gasteiger partial charge in [-0.1, -0.05) is 49.2 Å². The highest BCUT2D eigenvalue weighted by molar-refractivity contribution is 8.04. The zero-order valence-corrected chi connectivity index (χ0v) is 18.1. The lowest BCUT2D eigenvalue weighted by Crippen LogP contribution is -2.36. The van der Waals surface area contributed by atoms with Crippen LogP contribution in [-0.2, 0) is 4.79 Å². The minimum atomic E-state index is -0.0942. The zero-order valence-electron chi connectivity index (χ0n) is 17.3. The predicted molar refractivity (Wildman–Crippen MR) is 121 cm³/mol. The van der Waals surface area contributed by atoms with E-state index in [1.165, 1.54) is 31.0 Å². The maximum Gasteiger partial charge on any atom is 0.264 e. The number of carbonyl (C=O) groups is 2. The number of rotatable bonds is 4. The Hall–Kier alpha value is -2.73. The summed E-state index contributed by atoms with van der Waals surface area (Å²) in [4.78, 5) is 28.9. The Kier molecular flexibility index (Phi) is 6.13. The third kappa shape index (κ3) is 4.24. The molecule has 4 rings (SSSR count). The quantitative estimate of drug-likeness (QED) is 0.715. The highest BCUT2D eigenvalue weighted by Crippen LogP contribution is 2.42. The molecule has 0 radical (unpaired) electrons. The maximum absolute atomic E-state index is 13.0. The molecule has 6 heteroatoms. The molecule has 0 aromatic heterocycles. The van der Waals surface area contributed by atoms with Crippen LogP contribution in [0.15, 0.2) is 52.3 Å². The lowest BCUT2D eigenvalue weighted by Gasteiger charge is -2.28. The standard InChI is InChI=1S/C24H26N2O3S/c1-26-19-14-17(23(27)25-18-9-4-3-5-10-18)12-13-21(19)30-22(24(26)28)15-16-8-6-7-11-20(16)29-2/h6-8,11-15,18H,3-5,9-10H2,1-2H3,(H,25,27)/b22-15+. The van der Waals surface area contributed by atoms with Crippen LogP contribution in [0.2, 0.25) is 0 Å². The number of nitrogens with zero attached hydrogens (tertiary/aromatic N) is 1. The lowest BCUT2D eigenvalue weighted by atomic mass is 9.95. The number of anilines is 1. The Morgan fingerprint density at radius 2 is 1.93 bits per heavy atom. The number of ether oxygens (including phenoxy) is 1. The third-order valence-corrected chi connectivity index (χ3v) is 6.76. The van der Waals surface area contributed by atoms with E-state index in [9.17, 15) is 9.59 Å². The van der Waals surface area contributed by atoms with E-state index in [1.54, 1.807) is 19.1 Å². The van der Waals surface area contributed by atoms with Gasteiger partial charge in [0.15, 0.2) is 0 Å². The van der Waals surface area contributed by atoms with Gasteiger partial charge in [0, 0.05) is 29.1 Å². The number of hydrogen-bond donors (Lipinski definition) is 1. The Morgan fingerprint density at radius 3 is 2.70 bits per heavy atom. The van der Waals surface area contributed by atoms with Crippen molar-refractivity contribution in [3.63, 3.8) is 0 Å². The summed E-state index contributed by atoms with van der Waals surface area (Å²) >= 11 is 1.42. The highest BCUT2D eigenvalue weighted by atomic mass is 32.2. The first-order valence-corrected chi connectivity index (χ1v) is 11.1. The number of fused-ring (bicyclic) bond motifs is 1. The zero-order chi connectivity index (χ0) is 21.1. The van der Waals surface area contributed by atoms with E-state index in [0.29, 0.717) is 10.5 Å². The Morgan fingerprint density at radius 1 is 1.17 bits per heavy atom. The first-order chi connectivity index (χ1) is 14.6. The van der Waals surface area contributed by atoms with Gasteiger partial charge in [-0.15, -0.1) is 0 Å². The monoisotopic (exact) mass is 422 g/mol.